The van der Waals surface area contributed by atoms with E-state index in [-0.39, 0.29) is 0 Å². The summed E-state index contributed by atoms with van der Waals surface area (Å²) in [6.45, 7) is 10.9. The largest absolute Gasteiger partial charge is 0.381 e. The van der Waals surface area contributed by atoms with Crippen LogP contribution in [-0.4, -0.2) is 44.3 Å². The summed E-state index contributed by atoms with van der Waals surface area (Å²) in [5.74, 6) is 0.734. The van der Waals surface area contributed by atoms with Gasteiger partial charge in [0.2, 0.25) is 0 Å². The molecule has 0 radical (unpaired) electrons. The molecule has 2 aliphatic heterocycles. The van der Waals surface area contributed by atoms with E-state index in [2.05, 4.69) is 42.3 Å². The Labute approximate surface area is 128 Å². The molecule has 0 aliphatic carbocycles. The second-order valence-electron chi connectivity index (χ2n) is 6.54. The standard InChI is InChI=1S/C18H28N2O/c1-14-3-4-15(2)17(13-14)18(16-5-11-21-12-6-16)20-9-7-19-8-10-20/h3-4,13,16,18-19H,5-12H2,1-2H3/t18-/m1/s1. The Morgan fingerprint density at radius 3 is 2.57 bits per heavy atom. The van der Waals surface area contributed by atoms with E-state index in [1.165, 1.54) is 24.0 Å². The first kappa shape index (κ1) is 15.0. The van der Waals surface area contributed by atoms with Crippen LogP contribution in [0.2, 0.25) is 0 Å². The number of hydrogen-bond acceptors (Lipinski definition) is 3. The van der Waals surface area contributed by atoms with Gasteiger partial charge in [0.1, 0.15) is 0 Å². The summed E-state index contributed by atoms with van der Waals surface area (Å²) in [6, 6.07) is 7.50. The highest BCUT2D eigenvalue weighted by Crippen LogP contribution is 2.37. The van der Waals surface area contributed by atoms with Crippen molar-refractivity contribution in [1.82, 2.24) is 10.2 Å². The van der Waals surface area contributed by atoms with Crippen molar-refractivity contribution in [3.8, 4) is 0 Å². The molecule has 0 unspecified atom stereocenters. The van der Waals surface area contributed by atoms with E-state index >= 15 is 0 Å². The molecule has 2 saturated heterocycles. The maximum atomic E-state index is 5.60. The molecule has 2 heterocycles. The second kappa shape index (κ2) is 6.91. The Balaban J connectivity index is 1.91. The minimum Gasteiger partial charge on any atom is -0.381 e. The van der Waals surface area contributed by atoms with Crippen LogP contribution in [0.1, 0.15) is 35.6 Å². The molecule has 2 aliphatic rings. The number of hydrogen-bond donors (Lipinski definition) is 1. The quantitative estimate of drug-likeness (QED) is 0.925. The number of benzene rings is 1. The van der Waals surface area contributed by atoms with Gasteiger partial charge in [0.05, 0.1) is 0 Å². The molecule has 1 aromatic carbocycles. The van der Waals surface area contributed by atoms with Gasteiger partial charge in [-0.05, 0) is 43.7 Å². The first-order valence-corrected chi connectivity index (χ1v) is 8.35. The minimum absolute atomic E-state index is 0.566. The lowest BCUT2D eigenvalue weighted by Crippen LogP contribution is -2.47. The van der Waals surface area contributed by atoms with Gasteiger partial charge in [-0.25, -0.2) is 0 Å². The molecule has 116 valence electrons. The summed E-state index contributed by atoms with van der Waals surface area (Å²) in [7, 11) is 0. The summed E-state index contributed by atoms with van der Waals surface area (Å²) in [5, 5.41) is 3.48. The van der Waals surface area contributed by atoms with Gasteiger partial charge in [0, 0.05) is 45.4 Å². The summed E-state index contributed by atoms with van der Waals surface area (Å²) in [4.78, 5) is 2.70. The summed E-state index contributed by atoms with van der Waals surface area (Å²) in [5.41, 5.74) is 4.36. The SMILES string of the molecule is Cc1ccc(C)c([C@@H](C2CCOCC2)N2CCNCC2)c1. The average Bonchev–Trinajstić information content (AvgIpc) is 2.53. The fourth-order valence-electron chi connectivity index (χ4n) is 3.82. The molecule has 3 nitrogen and oxygen atoms in total. The smallest absolute Gasteiger partial charge is 0.0469 e. The molecular weight excluding hydrogens is 260 g/mol. The molecule has 1 aromatic rings. The van der Waals surface area contributed by atoms with Gasteiger partial charge < -0.3 is 10.1 Å². The predicted octanol–water partition coefficient (Wildman–Crippen LogP) is 2.68. The summed E-state index contributed by atoms with van der Waals surface area (Å²) >= 11 is 0. The van der Waals surface area contributed by atoms with Gasteiger partial charge in [-0.15, -0.1) is 0 Å². The van der Waals surface area contributed by atoms with Gasteiger partial charge in [-0.1, -0.05) is 23.8 Å². The molecule has 0 saturated carbocycles. The van der Waals surface area contributed by atoms with E-state index in [9.17, 15) is 0 Å². The molecule has 3 heteroatoms. The summed E-state index contributed by atoms with van der Waals surface area (Å²) in [6.07, 6.45) is 2.39. The Morgan fingerprint density at radius 1 is 1.14 bits per heavy atom. The van der Waals surface area contributed by atoms with Crippen molar-refractivity contribution < 1.29 is 4.74 Å². The first-order valence-electron chi connectivity index (χ1n) is 8.35. The third-order valence-electron chi connectivity index (χ3n) is 5.01. The molecule has 21 heavy (non-hydrogen) atoms. The number of nitrogens with one attached hydrogen (secondary N) is 1. The maximum Gasteiger partial charge on any atom is 0.0469 e. The lowest BCUT2D eigenvalue weighted by molar-refractivity contribution is 0.0211. The number of aryl methyl sites for hydroxylation is 2. The van der Waals surface area contributed by atoms with E-state index < -0.39 is 0 Å². The zero-order valence-corrected chi connectivity index (χ0v) is 13.4. The summed E-state index contributed by atoms with van der Waals surface area (Å²) < 4.78 is 5.60. The number of piperazine rings is 1. The van der Waals surface area contributed by atoms with Gasteiger partial charge in [-0.2, -0.15) is 0 Å². The highest BCUT2D eigenvalue weighted by atomic mass is 16.5. The van der Waals surface area contributed by atoms with Crippen molar-refractivity contribution in [2.24, 2.45) is 5.92 Å². The van der Waals surface area contributed by atoms with Gasteiger partial charge in [0.15, 0.2) is 0 Å². The normalized spacial score (nSPS) is 23.1. The predicted molar refractivity (Wildman–Crippen MR) is 86.6 cm³/mol. The fraction of sp³-hybridized carbons (Fsp3) is 0.667. The van der Waals surface area contributed by atoms with Crippen LogP contribution in [0, 0.1) is 19.8 Å². The highest BCUT2D eigenvalue weighted by molar-refractivity contribution is 5.33. The monoisotopic (exact) mass is 288 g/mol. The van der Waals surface area contributed by atoms with Gasteiger partial charge >= 0.3 is 0 Å². The molecule has 3 rings (SSSR count). The van der Waals surface area contributed by atoms with E-state index in [1.54, 1.807) is 5.56 Å². The van der Waals surface area contributed by atoms with E-state index in [1.807, 2.05) is 0 Å². The highest BCUT2D eigenvalue weighted by Gasteiger charge is 2.32. The molecule has 0 bridgehead atoms. The zero-order chi connectivity index (χ0) is 14.7. The van der Waals surface area contributed by atoms with Crippen LogP contribution in [0.15, 0.2) is 18.2 Å². The Morgan fingerprint density at radius 2 is 1.86 bits per heavy atom. The molecule has 1 N–H and O–H groups in total. The minimum atomic E-state index is 0.566. The van der Waals surface area contributed by atoms with Crippen molar-refractivity contribution in [3.63, 3.8) is 0 Å². The average molecular weight is 288 g/mol. The number of nitrogens with zero attached hydrogens (tertiary/aromatic N) is 1. The molecule has 2 fully saturated rings. The lowest BCUT2D eigenvalue weighted by Gasteiger charge is -2.41. The third-order valence-corrected chi connectivity index (χ3v) is 5.01. The Kier molecular flexibility index (Phi) is 4.94. The maximum absolute atomic E-state index is 5.60. The van der Waals surface area contributed by atoms with Crippen molar-refractivity contribution >= 4 is 0 Å². The topological polar surface area (TPSA) is 24.5 Å². The second-order valence-corrected chi connectivity index (χ2v) is 6.54. The van der Waals surface area contributed by atoms with Crippen molar-refractivity contribution in [3.05, 3.63) is 34.9 Å². The van der Waals surface area contributed by atoms with Gasteiger partial charge in [-0.3, -0.25) is 4.90 Å². The van der Waals surface area contributed by atoms with Crippen LogP contribution in [0.5, 0.6) is 0 Å². The Bertz CT molecular complexity index is 444. The zero-order valence-electron chi connectivity index (χ0n) is 13.4. The number of rotatable bonds is 3. The van der Waals surface area contributed by atoms with Crippen LogP contribution in [0.3, 0.4) is 0 Å². The van der Waals surface area contributed by atoms with Gasteiger partial charge in [0.25, 0.3) is 0 Å². The van der Waals surface area contributed by atoms with Crippen LogP contribution in [0.25, 0.3) is 0 Å². The molecule has 0 amide bonds. The lowest BCUT2D eigenvalue weighted by atomic mass is 9.83. The fourth-order valence-corrected chi connectivity index (χ4v) is 3.82. The van der Waals surface area contributed by atoms with E-state index in [0.717, 1.165) is 45.3 Å². The van der Waals surface area contributed by atoms with Crippen LogP contribution >= 0.6 is 0 Å². The van der Waals surface area contributed by atoms with E-state index in [0.29, 0.717) is 6.04 Å². The van der Waals surface area contributed by atoms with Crippen molar-refractivity contribution in [2.45, 2.75) is 32.7 Å². The van der Waals surface area contributed by atoms with Crippen molar-refractivity contribution in [2.75, 3.05) is 39.4 Å². The Hall–Kier alpha value is -0.900. The molecular formula is C18H28N2O. The number of ether oxygens (including phenoxy) is 1. The third kappa shape index (κ3) is 3.47. The van der Waals surface area contributed by atoms with Crippen LogP contribution in [-0.2, 0) is 4.74 Å². The molecule has 0 spiro atoms. The van der Waals surface area contributed by atoms with Crippen LogP contribution in [0.4, 0.5) is 0 Å². The molecule has 0 aromatic heterocycles. The molecule has 1 atom stereocenters. The van der Waals surface area contributed by atoms with Crippen LogP contribution < -0.4 is 5.32 Å². The van der Waals surface area contributed by atoms with E-state index in [4.69, 9.17) is 4.74 Å². The first-order chi connectivity index (χ1) is 10.3. The van der Waals surface area contributed by atoms with Crippen molar-refractivity contribution in [1.29, 1.82) is 0 Å².